The molecule has 1 N–H and O–H groups in total. The first-order valence-corrected chi connectivity index (χ1v) is 7.83. The van der Waals surface area contributed by atoms with Crippen LogP contribution in [0.4, 0.5) is 5.82 Å². The first kappa shape index (κ1) is 14.3. The van der Waals surface area contributed by atoms with Gasteiger partial charge in [-0.05, 0) is 32.6 Å². The Kier molecular flexibility index (Phi) is 3.81. The molecule has 3 rings (SSSR count). The van der Waals surface area contributed by atoms with E-state index in [4.69, 9.17) is 5.26 Å². The van der Waals surface area contributed by atoms with Crippen molar-refractivity contribution in [1.29, 1.82) is 5.26 Å². The smallest absolute Gasteiger partial charge is 0.158 e. The summed E-state index contributed by atoms with van der Waals surface area (Å²) >= 11 is 0. The maximum atomic E-state index is 10.7. The van der Waals surface area contributed by atoms with Crippen molar-refractivity contribution in [3.05, 3.63) is 18.1 Å². The van der Waals surface area contributed by atoms with Crippen molar-refractivity contribution < 1.29 is 5.11 Å². The molecule has 0 aromatic carbocycles. The molecule has 1 saturated heterocycles. The first-order chi connectivity index (χ1) is 10.1. The highest BCUT2D eigenvalue weighted by Crippen LogP contribution is 2.41. The summed E-state index contributed by atoms with van der Waals surface area (Å²) < 4.78 is 0. The molecule has 1 aromatic rings. The minimum Gasteiger partial charge on any atom is -0.390 e. The molecule has 1 saturated carbocycles. The zero-order valence-electron chi connectivity index (χ0n) is 12.5. The molecule has 21 heavy (non-hydrogen) atoms. The minimum atomic E-state index is -0.578. The van der Waals surface area contributed by atoms with Gasteiger partial charge in [0.05, 0.1) is 18.0 Å². The van der Waals surface area contributed by atoms with Crippen LogP contribution < -0.4 is 4.90 Å². The van der Waals surface area contributed by atoms with E-state index >= 15 is 0 Å². The number of hydrogen-bond donors (Lipinski definition) is 1. The van der Waals surface area contributed by atoms with Crippen LogP contribution in [0.1, 0.15) is 51.1 Å². The van der Waals surface area contributed by atoms with Gasteiger partial charge in [0.2, 0.25) is 0 Å². The molecular weight excluding hydrogens is 264 g/mol. The van der Waals surface area contributed by atoms with Gasteiger partial charge in [0, 0.05) is 18.5 Å². The molecule has 5 heteroatoms. The third kappa shape index (κ3) is 2.73. The molecule has 3 atom stereocenters. The molecule has 2 fully saturated rings. The molecule has 0 bridgehead atoms. The van der Waals surface area contributed by atoms with Crippen LogP contribution in [0, 0.1) is 17.2 Å². The number of nitrogens with zero attached hydrogens (tertiary/aromatic N) is 4. The van der Waals surface area contributed by atoms with Crippen LogP contribution in [-0.2, 0) is 0 Å². The van der Waals surface area contributed by atoms with Gasteiger partial charge in [0.15, 0.2) is 5.69 Å². The van der Waals surface area contributed by atoms with Gasteiger partial charge < -0.3 is 10.0 Å². The molecule has 0 spiro atoms. The van der Waals surface area contributed by atoms with Gasteiger partial charge in [-0.1, -0.05) is 12.8 Å². The molecule has 112 valence electrons. The van der Waals surface area contributed by atoms with Crippen molar-refractivity contribution in [2.75, 3.05) is 11.4 Å². The third-order valence-electron chi connectivity index (χ3n) is 5.06. The summed E-state index contributed by atoms with van der Waals surface area (Å²) in [4.78, 5) is 10.8. The van der Waals surface area contributed by atoms with E-state index in [1.807, 2.05) is 13.0 Å². The quantitative estimate of drug-likeness (QED) is 0.902. The van der Waals surface area contributed by atoms with Crippen LogP contribution >= 0.6 is 0 Å². The fourth-order valence-corrected chi connectivity index (χ4v) is 3.97. The second kappa shape index (κ2) is 5.61. The zero-order valence-corrected chi connectivity index (χ0v) is 12.5. The SMILES string of the molecule is C[C@]1(O)CCCC[C@@H]1[C@@H]1CCCN1c1cnc(C#N)cn1. The Labute approximate surface area is 125 Å². The van der Waals surface area contributed by atoms with Crippen molar-refractivity contribution in [2.45, 2.75) is 57.1 Å². The summed E-state index contributed by atoms with van der Waals surface area (Å²) in [6.45, 7) is 2.94. The van der Waals surface area contributed by atoms with Gasteiger partial charge in [0.25, 0.3) is 0 Å². The topological polar surface area (TPSA) is 73.0 Å². The minimum absolute atomic E-state index is 0.297. The van der Waals surface area contributed by atoms with Crippen LogP contribution in [0.25, 0.3) is 0 Å². The maximum absolute atomic E-state index is 10.7. The Morgan fingerprint density at radius 3 is 2.81 bits per heavy atom. The molecule has 0 amide bonds. The lowest BCUT2D eigenvalue weighted by atomic mass is 9.72. The summed E-state index contributed by atoms with van der Waals surface area (Å²) in [5.74, 6) is 1.13. The Morgan fingerprint density at radius 2 is 2.14 bits per heavy atom. The van der Waals surface area contributed by atoms with E-state index in [1.165, 1.54) is 12.6 Å². The van der Waals surface area contributed by atoms with Gasteiger partial charge in [-0.15, -0.1) is 0 Å². The average molecular weight is 286 g/mol. The summed E-state index contributed by atoms with van der Waals surface area (Å²) in [6, 6.07) is 2.34. The highest BCUT2D eigenvalue weighted by Gasteiger charge is 2.43. The van der Waals surface area contributed by atoms with E-state index in [2.05, 4.69) is 14.9 Å². The van der Waals surface area contributed by atoms with Gasteiger partial charge >= 0.3 is 0 Å². The van der Waals surface area contributed by atoms with Crippen LogP contribution in [0.2, 0.25) is 0 Å². The Morgan fingerprint density at radius 1 is 1.29 bits per heavy atom. The summed E-state index contributed by atoms with van der Waals surface area (Å²) in [5.41, 5.74) is -0.231. The second-order valence-electron chi connectivity index (χ2n) is 6.48. The molecule has 1 aromatic heterocycles. The summed E-state index contributed by atoms with van der Waals surface area (Å²) in [5, 5.41) is 19.6. The number of anilines is 1. The van der Waals surface area contributed by atoms with Gasteiger partial charge in [-0.25, -0.2) is 9.97 Å². The molecule has 0 unspecified atom stereocenters. The lowest BCUT2D eigenvalue weighted by Crippen LogP contribution is -2.49. The fourth-order valence-electron chi connectivity index (χ4n) is 3.97. The molecule has 2 aliphatic rings. The van der Waals surface area contributed by atoms with E-state index in [0.29, 0.717) is 17.7 Å². The predicted molar refractivity (Wildman–Crippen MR) is 79.7 cm³/mol. The summed E-state index contributed by atoms with van der Waals surface area (Å²) in [6.07, 6.45) is 9.73. The standard InChI is InChI=1S/C16H22N4O/c1-16(21)7-3-2-5-13(16)14-6-4-8-20(14)15-11-18-12(9-17)10-19-15/h10-11,13-14,21H,2-8H2,1H3/t13-,14+,16+/m1/s1. The normalized spacial score (nSPS) is 32.9. The van der Waals surface area contributed by atoms with Crippen molar-refractivity contribution in [1.82, 2.24) is 9.97 Å². The first-order valence-electron chi connectivity index (χ1n) is 7.83. The molecular formula is C16H22N4O. The van der Waals surface area contributed by atoms with Crippen molar-refractivity contribution in [3.8, 4) is 6.07 Å². The Balaban J connectivity index is 1.83. The van der Waals surface area contributed by atoms with E-state index in [1.54, 1.807) is 6.20 Å². The van der Waals surface area contributed by atoms with E-state index < -0.39 is 5.60 Å². The number of aliphatic hydroxyl groups is 1. The molecule has 1 aliphatic heterocycles. The van der Waals surface area contributed by atoms with Crippen LogP contribution in [0.15, 0.2) is 12.4 Å². The predicted octanol–water partition coefficient (Wildman–Crippen LogP) is 2.26. The number of hydrogen-bond acceptors (Lipinski definition) is 5. The van der Waals surface area contributed by atoms with Gasteiger partial charge in [0.1, 0.15) is 11.9 Å². The number of nitriles is 1. The van der Waals surface area contributed by atoms with Gasteiger partial charge in [-0.3, -0.25) is 0 Å². The number of rotatable bonds is 2. The molecule has 5 nitrogen and oxygen atoms in total. The van der Waals surface area contributed by atoms with E-state index in [9.17, 15) is 5.11 Å². The number of aromatic nitrogens is 2. The van der Waals surface area contributed by atoms with Crippen molar-refractivity contribution in [2.24, 2.45) is 5.92 Å². The molecule has 1 aliphatic carbocycles. The zero-order chi connectivity index (χ0) is 14.9. The average Bonchev–Trinajstić information content (AvgIpc) is 2.96. The van der Waals surface area contributed by atoms with Crippen LogP contribution in [-0.4, -0.2) is 33.3 Å². The second-order valence-corrected chi connectivity index (χ2v) is 6.48. The maximum Gasteiger partial charge on any atom is 0.158 e. The monoisotopic (exact) mass is 286 g/mol. The highest BCUT2D eigenvalue weighted by atomic mass is 16.3. The lowest BCUT2D eigenvalue weighted by molar-refractivity contribution is -0.0411. The third-order valence-corrected chi connectivity index (χ3v) is 5.06. The highest BCUT2D eigenvalue weighted by molar-refractivity contribution is 5.40. The van der Waals surface area contributed by atoms with E-state index in [0.717, 1.165) is 44.5 Å². The largest absolute Gasteiger partial charge is 0.390 e. The Bertz CT molecular complexity index is 534. The van der Waals surface area contributed by atoms with Crippen molar-refractivity contribution in [3.63, 3.8) is 0 Å². The molecule has 0 radical (unpaired) electrons. The van der Waals surface area contributed by atoms with Crippen molar-refractivity contribution >= 4 is 5.82 Å². The van der Waals surface area contributed by atoms with Crippen LogP contribution in [0.5, 0.6) is 0 Å². The van der Waals surface area contributed by atoms with Crippen LogP contribution in [0.3, 0.4) is 0 Å². The van der Waals surface area contributed by atoms with Gasteiger partial charge in [-0.2, -0.15) is 5.26 Å². The Hall–Kier alpha value is -1.67. The fraction of sp³-hybridized carbons (Fsp3) is 0.688. The summed E-state index contributed by atoms with van der Waals surface area (Å²) in [7, 11) is 0. The molecule has 2 heterocycles. The lowest BCUT2D eigenvalue weighted by Gasteiger charge is -2.43. The van der Waals surface area contributed by atoms with E-state index in [-0.39, 0.29) is 0 Å².